The fourth-order valence-electron chi connectivity index (χ4n) is 3.16. The van der Waals surface area contributed by atoms with Crippen LogP contribution in [0.15, 0.2) is 15.1 Å². The van der Waals surface area contributed by atoms with Crippen LogP contribution in [0, 0.1) is 5.92 Å². The van der Waals surface area contributed by atoms with E-state index in [1.807, 2.05) is 6.21 Å². The number of carbonyl (C=O) groups excluding carboxylic acids is 1. The number of hydrazone groups is 1. The Kier molecular flexibility index (Phi) is 3.63. The number of cyclic esters (lactones) is 1. The topological polar surface area (TPSA) is 87.9 Å². The van der Waals surface area contributed by atoms with Gasteiger partial charge >= 0.3 is 5.97 Å². The average Bonchev–Trinajstić information content (AvgIpc) is 3.09. The van der Waals surface area contributed by atoms with E-state index in [-0.39, 0.29) is 24.1 Å². The molecule has 3 unspecified atom stereocenters. The van der Waals surface area contributed by atoms with Crippen molar-refractivity contribution in [2.75, 3.05) is 26.4 Å². The first kappa shape index (κ1) is 13.8. The van der Waals surface area contributed by atoms with Crippen molar-refractivity contribution < 1.29 is 14.3 Å². The molecule has 0 aliphatic carbocycles. The van der Waals surface area contributed by atoms with Gasteiger partial charge in [-0.3, -0.25) is 20.1 Å². The number of ether oxygens (including phenoxy) is 2. The van der Waals surface area contributed by atoms with Crippen LogP contribution >= 0.6 is 0 Å². The quantitative estimate of drug-likeness (QED) is 0.711. The summed E-state index contributed by atoms with van der Waals surface area (Å²) < 4.78 is 10.7. The van der Waals surface area contributed by atoms with Crippen LogP contribution in [0.4, 0.5) is 0 Å². The highest BCUT2D eigenvalue weighted by Crippen LogP contribution is 2.25. The number of esters is 1. The second-order valence-corrected chi connectivity index (χ2v) is 5.91. The minimum atomic E-state index is -0.260. The standard InChI is InChI=1S/C14H19N5O3/c20-14-9-7-21-6-3-10(9)16-13(22-14)11-1-2-12(18-17-11)19-5-4-15-8-19/h4,9-10,12,18H,1-3,5-8H2. The second-order valence-electron chi connectivity index (χ2n) is 5.91. The molecule has 0 amide bonds. The van der Waals surface area contributed by atoms with Gasteiger partial charge in [0.15, 0.2) is 0 Å². The van der Waals surface area contributed by atoms with Crippen LogP contribution in [0.25, 0.3) is 0 Å². The third-order valence-electron chi connectivity index (χ3n) is 4.50. The van der Waals surface area contributed by atoms with Gasteiger partial charge in [-0.05, 0) is 12.8 Å². The highest BCUT2D eigenvalue weighted by Gasteiger charge is 2.39. The fraction of sp³-hybridized carbons (Fsp3) is 0.714. The lowest BCUT2D eigenvalue weighted by molar-refractivity contribution is -0.146. The minimum absolute atomic E-state index is 0.0302. The summed E-state index contributed by atoms with van der Waals surface area (Å²) in [6, 6.07) is -0.0302. The molecule has 1 N–H and O–H groups in total. The molecule has 4 rings (SSSR count). The molecule has 0 aromatic rings. The van der Waals surface area contributed by atoms with E-state index in [0.717, 1.165) is 31.5 Å². The molecule has 0 bridgehead atoms. The number of nitrogens with one attached hydrogen (secondary N) is 1. The lowest BCUT2D eigenvalue weighted by Crippen LogP contribution is -2.48. The van der Waals surface area contributed by atoms with Crippen molar-refractivity contribution in [2.45, 2.75) is 31.5 Å². The van der Waals surface area contributed by atoms with E-state index in [1.165, 1.54) is 0 Å². The lowest BCUT2D eigenvalue weighted by atomic mass is 9.95. The smallest absolute Gasteiger partial charge is 0.320 e. The molecule has 0 saturated carbocycles. The molecule has 1 fully saturated rings. The SMILES string of the molecule is O=C1OC(C2=NNC(N3CC=NC3)CC2)=NC2CCOCC12. The number of hydrogen-bond acceptors (Lipinski definition) is 8. The normalized spacial score (nSPS) is 35.3. The maximum atomic E-state index is 12.1. The van der Waals surface area contributed by atoms with Gasteiger partial charge in [0.1, 0.15) is 11.6 Å². The Morgan fingerprint density at radius 1 is 1.36 bits per heavy atom. The van der Waals surface area contributed by atoms with Crippen molar-refractivity contribution >= 4 is 23.8 Å². The molecule has 3 atom stereocenters. The van der Waals surface area contributed by atoms with Crippen molar-refractivity contribution in [3.63, 3.8) is 0 Å². The molecule has 1 saturated heterocycles. The molecule has 0 spiro atoms. The van der Waals surface area contributed by atoms with Gasteiger partial charge in [0.05, 0.1) is 25.5 Å². The zero-order valence-electron chi connectivity index (χ0n) is 12.3. The van der Waals surface area contributed by atoms with E-state index in [9.17, 15) is 4.79 Å². The van der Waals surface area contributed by atoms with E-state index < -0.39 is 0 Å². The summed E-state index contributed by atoms with van der Waals surface area (Å²) >= 11 is 0. The monoisotopic (exact) mass is 305 g/mol. The van der Waals surface area contributed by atoms with Crippen molar-refractivity contribution in [3.8, 4) is 0 Å². The predicted octanol–water partition coefficient (Wildman–Crippen LogP) is -0.244. The van der Waals surface area contributed by atoms with Crippen molar-refractivity contribution in [1.29, 1.82) is 0 Å². The Morgan fingerprint density at radius 3 is 3.09 bits per heavy atom. The van der Waals surface area contributed by atoms with E-state index in [2.05, 4.69) is 25.4 Å². The molecule has 8 heteroatoms. The maximum absolute atomic E-state index is 12.1. The molecule has 0 aromatic heterocycles. The molecule has 118 valence electrons. The molecular weight excluding hydrogens is 286 g/mol. The summed E-state index contributed by atoms with van der Waals surface area (Å²) in [5.41, 5.74) is 3.86. The van der Waals surface area contributed by atoms with Gasteiger partial charge < -0.3 is 9.47 Å². The van der Waals surface area contributed by atoms with Crippen molar-refractivity contribution in [3.05, 3.63) is 0 Å². The van der Waals surface area contributed by atoms with Crippen LogP contribution in [0.2, 0.25) is 0 Å². The number of carbonyl (C=O) groups is 1. The summed E-state index contributed by atoms with van der Waals surface area (Å²) in [6.07, 6.45) is 4.50. The fourth-order valence-corrected chi connectivity index (χ4v) is 3.16. The molecule has 4 aliphatic heterocycles. The van der Waals surface area contributed by atoms with Gasteiger partial charge in [-0.15, -0.1) is 0 Å². The minimum Gasteiger partial charge on any atom is -0.405 e. The second kappa shape index (κ2) is 5.77. The van der Waals surface area contributed by atoms with Gasteiger partial charge in [0.25, 0.3) is 0 Å². The Hall–Kier alpha value is -1.80. The largest absolute Gasteiger partial charge is 0.405 e. The van der Waals surface area contributed by atoms with Crippen LogP contribution < -0.4 is 5.43 Å². The van der Waals surface area contributed by atoms with E-state index in [1.54, 1.807) is 0 Å². The predicted molar refractivity (Wildman–Crippen MR) is 79.9 cm³/mol. The maximum Gasteiger partial charge on any atom is 0.320 e. The van der Waals surface area contributed by atoms with Crippen LogP contribution in [-0.2, 0) is 14.3 Å². The third kappa shape index (κ3) is 2.52. The summed E-state index contributed by atoms with van der Waals surface area (Å²) in [5, 5.41) is 4.38. The third-order valence-corrected chi connectivity index (χ3v) is 4.50. The Morgan fingerprint density at radius 2 is 2.32 bits per heavy atom. The van der Waals surface area contributed by atoms with Gasteiger partial charge in [-0.25, -0.2) is 4.99 Å². The molecule has 22 heavy (non-hydrogen) atoms. The van der Waals surface area contributed by atoms with Crippen molar-refractivity contribution in [2.24, 2.45) is 21.0 Å². The number of fused-ring (bicyclic) bond motifs is 1. The van der Waals surface area contributed by atoms with Gasteiger partial charge in [-0.2, -0.15) is 5.10 Å². The number of rotatable bonds is 2. The number of hydrogen-bond donors (Lipinski definition) is 1. The number of aliphatic imine (C=N–C) groups is 2. The molecule has 4 heterocycles. The average molecular weight is 305 g/mol. The van der Waals surface area contributed by atoms with Gasteiger partial charge in [-0.1, -0.05) is 0 Å². The van der Waals surface area contributed by atoms with Gasteiger partial charge in [0.2, 0.25) is 5.90 Å². The zero-order valence-corrected chi connectivity index (χ0v) is 12.3. The summed E-state index contributed by atoms with van der Waals surface area (Å²) in [5.74, 6) is -0.117. The summed E-state index contributed by atoms with van der Waals surface area (Å²) in [4.78, 5) is 23.1. The highest BCUT2D eigenvalue weighted by molar-refractivity contribution is 6.40. The first-order valence-electron chi connectivity index (χ1n) is 7.73. The Labute approximate surface area is 128 Å². The summed E-state index contributed by atoms with van der Waals surface area (Å²) in [7, 11) is 0. The number of nitrogens with zero attached hydrogens (tertiary/aromatic N) is 4. The zero-order chi connectivity index (χ0) is 14.9. The Bertz CT molecular complexity index is 551. The molecular formula is C14H19N5O3. The lowest BCUT2D eigenvalue weighted by Gasteiger charge is -2.33. The van der Waals surface area contributed by atoms with Crippen LogP contribution in [0.3, 0.4) is 0 Å². The first-order chi connectivity index (χ1) is 10.8. The molecule has 8 nitrogen and oxygen atoms in total. The first-order valence-corrected chi connectivity index (χ1v) is 7.73. The van der Waals surface area contributed by atoms with Crippen LogP contribution in [0.5, 0.6) is 0 Å². The van der Waals surface area contributed by atoms with E-state index >= 15 is 0 Å². The Balaban J connectivity index is 1.46. The van der Waals surface area contributed by atoms with Crippen molar-refractivity contribution in [1.82, 2.24) is 10.3 Å². The van der Waals surface area contributed by atoms with Gasteiger partial charge in [0, 0.05) is 25.8 Å². The molecule has 0 aromatic carbocycles. The van der Waals surface area contributed by atoms with E-state index in [4.69, 9.17) is 9.47 Å². The highest BCUT2D eigenvalue weighted by atomic mass is 16.6. The van der Waals surface area contributed by atoms with E-state index in [0.29, 0.717) is 25.8 Å². The summed E-state index contributed by atoms with van der Waals surface area (Å²) in [6.45, 7) is 2.61. The van der Waals surface area contributed by atoms with Crippen LogP contribution in [-0.4, -0.2) is 67.3 Å². The molecule has 0 radical (unpaired) electrons. The molecule has 4 aliphatic rings. The van der Waals surface area contributed by atoms with Crippen LogP contribution in [0.1, 0.15) is 19.3 Å².